The molecule has 0 fully saturated rings. The maximum Gasteiger partial charge on any atom is 0.333 e. The number of fused-ring (bicyclic) bond motifs is 1. The van der Waals surface area contributed by atoms with E-state index in [0.717, 1.165) is 10.1 Å². The molecule has 0 radical (unpaired) electrons. The Balaban J connectivity index is 2.28. The Morgan fingerprint density at radius 2 is 2.00 bits per heavy atom. The average molecular weight is 285 g/mol. The number of aromatic nitrogens is 2. The smallest absolute Gasteiger partial charge is 0.333 e. The van der Waals surface area contributed by atoms with E-state index in [-0.39, 0.29) is 5.56 Å². The number of imidazole rings is 1. The SMILES string of the molecule is Cc1cc2[nH]c(=O)n(C(=O)c3ccccc3F)c2cc1N. The van der Waals surface area contributed by atoms with Gasteiger partial charge in [-0.3, -0.25) is 4.79 Å². The molecule has 0 saturated carbocycles. The Bertz CT molecular complexity index is 924. The zero-order valence-corrected chi connectivity index (χ0v) is 11.2. The van der Waals surface area contributed by atoms with Crippen molar-refractivity contribution in [3.05, 3.63) is 63.8 Å². The Hall–Kier alpha value is -2.89. The minimum absolute atomic E-state index is 0.167. The summed E-state index contributed by atoms with van der Waals surface area (Å²) >= 11 is 0. The van der Waals surface area contributed by atoms with Gasteiger partial charge in [-0.15, -0.1) is 0 Å². The first-order valence-electron chi connectivity index (χ1n) is 6.29. The highest BCUT2D eigenvalue weighted by atomic mass is 19.1. The number of H-pyrrole nitrogens is 1. The summed E-state index contributed by atoms with van der Waals surface area (Å²) in [5.41, 5.74) is 7.08. The van der Waals surface area contributed by atoms with Gasteiger partial charge in [0.05, 0.1) is 16.6 Å². The molecule has 6 heteroatoms. The van der Waals surface area contributed by atoms with Crippen LogP contribution in [0.5, 0.6) is 0 Å². The van der Waals surface area contributed by atoms with Crippen molar-refractivity contribution in [2.75, 3.05) is 5.73 Å². The van der Waals surface area contributed by atoms with E-state index in [9.17, 15) is 14.0 Å². The molecule has 0 amide bonds. The van der Waals surface area contributed by atoms with Gasteiger partial charge in [0.25, 0.3) is 5.91 Å². The number of nitrogens with zero attached hydrogens (tertiary/aromatic N) is 1. The molecule has 21 heavy (non-hydrogen) atoms. The van der Waals surface area contributed by atoms with Crippen LogP contribution in [0.3, 0.4) is 0 Å². The molecule has 0 unspecified atom stereocenters. The van der Waals surface area contributed by atoms with Crippen LogP contribution < -0.4 is 11.4 Å². The van der Waals surface area contributed by atoms with Crippen LogP contribution in [0.2, 0.25) is 0 Å². The van der Waals surface area contributed by atoms with E-state index < -0.39 is 17.4 Å². The summed E-state index contributed by atoms with van der Waals surface area (Å²) < 4.78 is 14.6. The maximum absolute atomic E-state index is 13.7. The summed E-state index contributed by atoms with van der Waals surface area (Å²) in [5.74, 6) is -1.41. The average Bonchev–Trinajstić information content (AvgIpc) is 2.74. The first-order chi connectivity index (χ1) is 9.99. The van der Waals surface area contributed by atoms with Crippen molar-refractivity contribution in [3.63, 3.8) is 0 Å². The second-order valence-corrected chi connectivity index (χ2v) is 4.78. The number of rotatable bonds is 1. The van der Waals surface area contributed by atoms with Crippen molar-refractivity contribution < 1.29 is 9.18 Å². The van der Waals surface area contributed by atoms with E-state index in [0.29, 0.717) is 16.7 Å². The molecule has 3 rings (SSSR count). The van der Waals surface area contributed by atoms with E-state index in [2.05, 4.69) is 4.98 Å². The lowest BCUT2D eigenvalue weighted by Crippen LogP contribution is -2.25. The van der Waals surface area contributed by atoms with Gasteiger partial charge in [0.1, 0.15) is 5.82 Å². The van der Waals surface area contributed by atoms with Gasteiger partial charge >= 0.3 is 5.69 Å². The number of halogens is 1. The van der Waals surface area contributed by atoms with Gasteiger partial charge in [-0.1, -0.05) is 12.1 Å². The number of hydrogen-bond donors (Lipinski definition) is 2. The van der Waals surface area contributed by atoms with Crippen molar-refractivity contribution in [1.82, 2.24) is 9.55 Å². The van der Waals surface area contributed by atoms with Crippen LogP contribution in [-0.4, -0.2) is 15.5 Å². The van der Waals surface area contributed by atoms with Gasteiger partial charge in [-0.25, -0.2) is 13.8 Å². The van der Waals surface area contributed by atoms with E-state index in [1.54, 1.807) is 13.0 Å². The Morgan fingerprint density at radius 1 is 1.29 bits per heavy atom. The highest BCUT2D eigenvalue weighted by Gasteiger charge is 2.19. The number of nitrogens with two attached hydrogens (primary N) is 1. The van der Waals surface area contributed by atoms with Crippen LogP contribution in [0.1, 0.15) is 15.9 Å². The summed E-state index contributed by atoms with van der Waals surface area (Å²) in [4.78, 5) is 27.0. The number of nitrogens with one attached hydrogen (secondary N) is 1. The lowest BCUT2D eigenvalue weighted by atomic mass is 10.1. The molecule has 5 nitrogen and oxygen atoms in total. The number of carbonyl (C=O) groups is 1. The number of hydrogen-bond acceptors (Lipinski definition) is 3. The van der Waals surface area contributed by atoms with Crippen LogP contribution in [0.4, 0.5) is 10.1 Å². The van der Waals surface area contributed by atoms with Crippen LogP contribution in [0.25, 0.3) is 11.0 Å². The predicted molar refractivity (Wildman–Crippen MR) is 77.8 cm³/mol. The molecule has 2 aromatic carbocycles. The van der Waals surface area contributed by atoms with E-state index in [1.807, 2.05) is 0 Å². The molecule has 1 aromatic heterocycles. The standard InChI is InChI=1S/C15H12FN3O2/c1-8-6-12-13(7-11(8)17)19(15(21)18-12)14(20)9-4-2-3-5-10(9)16/h2-7H,17H2,1H3,(H,18,21). The third-order valence-electron chi connectivity index (χ3n) is 3.38. The van der Waals surface area contributed by atoms with E-state index in [4.69, 9.17) is 5.73 Å². The zero-order valence-electron chi connectivity index (χ0n) is 11.2. The summed E-state index contributed by atoms with van der Waals surface area (Å²) in [6.45, 7) is 1.79. The molecule has 0 aliphatic carbocycles. The van der Waals surface area contributed by atoms with Gasteiger partial charge < -0.3 is 10.7 Å². The maximum atomic E-state index is 13.7. The lowest BCUT2D eigenvalue weighted by molar-refractivity contribution is 0.0957. The number of aromatic amines is 1. The van der Waals surface area contributed by atoms with Crippen LogP contribution in [0.15, 0.2) is 41.2 Å². The molecular weight excluding hydrogens is 273 g/mol. The molecule has 3 N–H and O–H groups in total. The van der Waals surface area contributed by atoms with Crippen LogP contribution in [0, 0.1) is 12.7 Å². The molecular formula is C15H12FN3O2. The molecule has 0 aliphatic rings. The fraction of sp³-hybridized carbons (Fsp3) is 0.0667. The zero-order chi connectivity index (χ0) is 15.1. The first kappa shape index (κ1) is 13.1. The molecule has 0 bridgehead atoms. The number of aryl methyl sites for hydroxylation is 1. The monoisotopic (exact) mass is 285 g/mol. The topological polar surface area (TPSA) is 80.9 Å². The molecule has 0 atom stereocenters. The van der Waals surface area contributed by atoms with Crippen LogP contribution in [-0.2, 0) is 0 Å². The summed E-state index contributed by atoms with van der Waals surface area (Å²) in [6.07, 6.45) is 0. The predicted octanol–water partition coefficient (Wildman–Crippen LogP) is 2.05. The number of carbonyl (C=O) groups excluding carboxylic acids is 1. The van der Waals surface area contributed by atoms with Crippen molar-refractivity contribution >= 4 is 22.6 Å². The molecule has 0 aliphatic heterocycles. The molecule has 106 valence electrons. The summed E-state index contributed by atoms with van der Waals surface area (Å²) in [7, 11) is 0. The van der Waals surface area contributed by atoms with Crippen molar-refractivity contribution in [3.8, 4) is 0 Å². The number of anilines is 1. The Labute approximate surface area is 118 Å². The van der Waals surface area contributed by atoms with Gasteiger partial charge in [-0.2, -0.15) is 0 Å². The Kier molecular flexibility index (Phi) is 2.86. The number of benzene rings is 2. The lowest BCUT2D eigenvalue weighted by Gasteiger charge is -2.05. The van der Waals surface area contributed by atoms with Crippen molar-refractivity contribution in [1.29, 1.82) is 0 Å². The van der Waals surface area contributed by atoms with Crippen molar-refractivity contribution in [2.45, 2.75) is 6.92 Å². The number of nitrogen functional groups attached to an aromatic ring is 1. The second kappa shape index (κ2) is 4.59. The first-order valence-corrected chi connectivity index (χ1v) is 6.29. The van der Waals surface area contributed by atoms with E-state index >= 15 is 0 Å². The largest absolute Gasteiger partial charge is 0.398 e. The highest BCUT2D eigenvalue weighted by Crippen LogP contribution is 2.20. The highest BCUT2D eigenvalue weighted by molar-refractivity contribution is 6.01. The fourth-order valence-electron chi connectivity index (χ4n) is 2.24. The summed E-state index contributed by atoms with van der Waals surface area (Å²) in [6, 6.07) is 8.73. The molecule has 0 saturated heterocycles. The van der Waals surface area contributed by atoms with Gasteiger partial charge in [-0.05, 0) is 36.8 Å². The minimum atomic E-state index is -0.729. The third-order valence-corrected chi connectivity index (χ3v) is 3.38. The van der Waals surface area contributed by atoms with Gasteiger partial charge in [0.15, 0.2) is 0 Å². The van der Waals surface area contributed by atoms with E-state index in [1.165, 1.54) is 30.3 Å². The third kappa shape index (κ3) is 2.01. The van der Waals surface area contributed by atoms with Crippen molar-refractivity contribution in [2.24, 2.45) is 0 Å². The summed E-state index contributed by atoms with van der Waals surface area (Å²) in [5, 5.41) is 0. The molecule has 0 spiro atoms. The normalized spacial score (nSPS) is 11.0. The fourth-order valence-corrected chi connectivity index (χ4v) is 2.24. The molecule has 3 aromatic rings. The molecule has 1 heterocycles. The minimum Gasteiger partial charge on any atom is -0.398 e. The quantitative estimate of drug-likeness (QED) is 0.671. The van der Waals surface area contributed by atoms with Gasteiger partial charge in [0.2, 0.25) is 0 Å². The Morgan fingerprint density at radius 3 is 2.71 bits per heavy atom. The second-order valence-electron chi connectivity index (χ2n) is 4.78. The van der Waals surface area contributed by atoms with Crippen LogP contribution >= 0.6 is 0 Å². The van der Waals surface area contributed by atoms with Gasteiger partial charge in [0, 0.05) is 5.69 Å².